The lowest BCUT2D eigenvalue weighted by molar-refractivity contribution is -0.145. The highest BCUT2D eigenvalue weighted by molar-refractivity contribution is 5.90. The van der Waals surface area contributed by atoms with Crippen molar-refractivity contribution >= 4 is 17.8 Å². The van der Waals surface area contributed by atoms with Crippen LogP contribution in [0.25, 0.3) is 0 Å². The van der Waals surface area contributed by atoms with Crippen molar-refractivity contribution in [2.24, 2.45) is 5.92 Å². The van der Waals surface area contributed by atoms with E-state index in [9.17, 15) is 14.4 Å². The fourth-order valence-electron chi connectivity index (χ4n) is 2.63. The molecule has 6 nitrogen and oxygen atoms in total. The number of carbonyl (C=O) groups excluding carboxylic acids is 3. The molecule has 0 spiro atoms. The maximum atomic E-state index is 12.6. The minimum atomic E-state index is -0.803. The molecule has 0 fully saturated rings. The first kappa shape index (κ1) is 20.7. The number of hydrogen-bond donors (Lipinski definition) is 2. The minimum absolute atomic E-state index is 0.218. The summed E-state index contributed by atoms with van der Waals surface area (Å²) in [6.45, 7) is 7.26. The standard InChI is InChI=1S/C19H28N2O4/c1-12(2)9-16(20-14(4)22)18(23)21-17(19(24)25-5)11-15-8-6-7-13(3)10-15/h6-8,10,12,16-17H,9,11H2,1-5H3,(H,20,22)(H,21,23)/t16-,17+/m0/s1. The van der Waals surface area contributed by atoms with E-state index in [4.69, 9.17) is 4.74 Å². The largest absolute Gasteiger partial charge is 0.467 e. The van der Waals surface area contributed by atoms with Gasteiger partial charge in [0.25, 0.3) is 0 Å². The normalized spacial score (nSPS) is 13.0. The molecule has 0 aliphatic heterocycles. The number of rotatable bonds is 8. The number of amides is 2. The van der Waals surface area contributed by atoms with E-state index in [-0.39, 0.29) is 17.7 Å². The van der Waals surface area contributed by atoms with Gasteiger partial charge in [-0.05, 0) is 24.8 Å². The Labute approximate surface area is 149 Å². The van der Waals surface area contributed by atoms with Gasteiger partial charge in [-0.2, -0.15) is 0 Å². The summed E-state index contributed by atoms with van der Waals surface area (Å²) in [6.07, 6.45) is 0.818. The lowest BCUT2D eigenvalue weighted by atomic mass is 10.0. The SMILES string of the molecule is COC(=O)[C@@H](Cc1cccc(C)c1)NC(=O)[C@H](CC(C)C)NC(C)=O. The van der Waals surface area contributed by atoms with Crippen molar-refractivity contribution in [3.63, 3.8) is 0 Å². The number of methoxy groups -OCH3 is 1. The molecule has 1 rings (SSSR count). The van der Waals surface area contributed by atoms with Crippen molar-refractivity contribution in [3.8, 4) is 0 Å². The van der Waals surface area contributed by atoms with Gasteiger partial charge in [-0.25, -0.2) is 4.79 Å². The van der Waals surface area contributed by atoms with Crippen molar-refractivity contribution in [3.05, 3.63) is 35.4 Å². The molecule has 0 aliphatic carbocycles. The molecule has 0 aliphatic rings. The number of hydrogen-bond acceptors (Lipinski definition) is 4. The van der Waals surface area contributed by atoms with Gasteiger partial charge in [0.05, 0.1) is 7.11 Å². The molecule has 2 N–H and O–H groups in total. The Morgan fingerprint density at radius 3 is 2.32 bits per heavy atom. The van der Waals surface area contributed by atoms with Crippen LogP contribution in [0.5, 0.6) is 0 Å². The minimum Gasteiger partial charge on any atom is -0.467 e. The molecule has 0 saturated heterocycles. The van der Waals surface area contributed by atoms with E-state index in [1.165, 1.54) is 14.0 Å². The van der Waals surface area contributed by atoms with Crippen molar-refractivity contribution in [2.75, 3.05) is 7.11 Å². The molecule has 6 heteroatoms. The van der Waals surface area contributed by atoms with Crippen molar-refractivity contribution in [1.82, 2.24) is 10.6 Å². The quantitative estimate of drug-likeness (QED) is 0.701. The lowest BCUT2D eigenvalue weighted by Crippen LogP contribution is -2.52. The Morgan fingerprint density at radius 1 is 1.12 bits per heavy atom. The Morgan fingerprint density at radius 2 is 1.80 bits per heavy atom. The highest BCUT2D eigenvalue weighted by Gasteiger charge is 2.27. The molecule has 138 valence electrons. The van der Waals surface area contributed by atoms with Gasteiger partial charge in [0, 0.05) is 13.3 Å². The van der Waals surface area contributed by atoms with Crippen molar-refractivity contribution in [2.45, 2.75) is 52.6 Å². The molecule has 0 radical (unpaired) electrons. The third kappa shape index (κ3) is 7.37. The maximum absolute atomic E-state index is 12.6. The fraction of sp³-hybridized carbons (Fsp3) is 0.526. The molecule has 0 aromatic heterocycles. The average molecular weight is 348 g/mol. The zero-order valence-electron chi connectivity index (χ0n) is 15.6. The average Bonchev–Trinajstić information content (AvgIpc) is 2.52. The molecule has 2 amide bonds. The third-order valence-electron chi connectivity index (χ3n) is 3.73. The van der Waals surface area contributed by atoms with Crippen LogP contribution in [0.4, 0.5) is 0 Å². The molecule has 0 heterocycles. The summed E-state index contributed by atoms with van der Waals surface area (Å²) in [7, 11) is 1.29. The molecule has 0 unspecified atom stereocenters. The molecular formula is C19H28N2O4. The number of benzene rings is 1. The molecule has 25 heavy (non-hydrogen) atoms. The first-order valence-electron chi connectivity index (χ1n) is 8.43. The summed E-state index contributed by atoms with van der Waals surface area (Å²) in [4.78, 5) is 36.0. The monoisotopic (exact) mass is 348 g/mol. The highest BCUT2D eigenvalue weighted by atomic mass is 16.5. The number of ether oxygens (including phenoxy) is 1. The summed E-state index contributed by atoms with van der Waals surface area (Å²) >= 11 is 0. The summed E-state index contributed by atoms with van der Waals surface area (Å²) < 4.78 is 4.82. The second kappa shape index (κ2) is 9.81. The molecule has 0 saturated carbocycles. The molecule has 1 aromatic carbocycles. The number of aryl methyl sites for hydroxylation is 1. The Kier molecular flexibility index (Phi) is 8.11. The highest BCUT2D eigenvalue weighted by Crippen LogP contribution is 2.10. The van der Waals surface area contributed by atoms with Gasteiger partial charge in [-0.3, -0.25) is 9.59 Å². The number of carbonyl (C=O) groups is 3. The zero-order chi connectivity index (χ0) is 19.0. The molecular weight excluding hydrogens is 320 g/mol. The summed E-state index contributed by atoms with van der Waals surface area (Å²) in [5.74, 6) is -0.960. The Balaban J connectivity index is 2.89. The topological polar surface area (TPSA) is 84.5 Å². The van der Waals surface area contributed by atoms with E-state index in [1.807, 2.05) is 45.0 Å². The van der Waals surface area contributed by atoms with Gasteiger partial charge < -0.3 is 15.4 Å². The van der Waals surface area contributed by atoms with E-state index in [0.29, 0.717) is 12.8 Å². The van der Waals surface area contributed by atoms with Crippen LogP contribution in [0.3, 0.4) is 0 Å². The fourth-order valence-corrected chi connectivity index (χ4v) is 2.63. The second-order valence-electron chi connectivity index (χ2n) is 6.66. The lowest BCUT2D eigenvalue weighted by Gasteiger charge is -2.23. The smallest absolute Gasteiger partial charge is 0.328 e. The maximum Gasteiger partial charge on any atom is 0.328 e. The van der Waals surface area contributed by atoms with E-state index in [2.05, 4.69) is 10.6 Å². The van der Waals surface area contributed by atoms with Gasteiger partial charge in [0.2, 0.25) is 11.8 Å². The summed E-state index contributed by atoms with van der Waals surface area (Å²) in [5.41, 5.74) is 2.00. The molecule has 1 aromatic rings. The van der Waals surface area contributed by atoms with Crippen LogP contribution in [0.1, 0.15) is 38.3 Å². The van der Waals surface area contributed by atoms with Crippen LogP contribution in [-0.2, 0) is 25.5 Å². The molecule has 0 bridgehead atoms. The van der Waals surface area contributed by atoms with Gasteiger partial charge >= 0.3 is 5.97 Å². The van der Waals surface area contributed by atoms with E-state index < -0.39 is 18.1 Å². The molecule has 2 atom stereocenters. The first-order chi connectivity index (χ1) is 11.7. The predicted molar refractivity (Wildman–Crippen MR) is 95.9 cm³/mol. The van der Waals surface area contributed by atoms with Gasteiger partial charge in [-0.1, -0.05) is 43.7 Å². The summed E-state index contributed by atoms with van der Waals surface area (Å²) in [6, 6.07) is 6.24. The van der Waals surface area contributed by atoms with Crippen LogP contribution in [0.15, 0.2) is 24.3 Å². The van der Waals surface area contributed by atoms with Crippen LogP contribution in [-0.4, -0.2) is 37.0 Å². The Bertz CT molecular complexity index is 613. The van der Waals surface area contributed by atoms with Crippen LogP contribution in [0.2, 0.25) is 0 Å². The third-order valence-corrected chi connectivity index (χ3v) is 3.73. The predicted octanol–water partition coefficient (Wildman–Crippen LogP) is 1.75. The zero-order valence-corrected chi connectivity index (χ0v) is 15.6. The second-order valence-corrected chi connectivity index (χ2v) is 6.66. The van der Waals surface area contributed by atoms with Gasteiger partial charge in [-0.15, -0.1) is 0 Å². The first-order valence-corrected chi connectivity index (χ1v) is 8.43. The summed E-state index contributed by atoms with van der Waals surface area (Å²) in [5, 5.41) is 5.36. The van der Waals surface area contributed by atoms with Gasteiger partial charge in [0.1, 0.15) is 12.1 Å². The number of esters is 1. The van der Waals surface area contributed by atoms with Gasteiger partial charge in [0.15, 0.2) is 0 Å². The van der Waals surface area contributed by atoms with E-state index in [1.54, 1.807) is 0 Å². The van der Waals surface area contributed by atoms with Crippen molar-refractivity contribution in [1.29, 1.82) is 0 Å². The number of nitrogens with one attached hydrogen (secondary N) is 2. The van der Waals surface area contributed by atoms with Crippen LogP contribution < -0.4 is 10.6 Å². The van der Waals surface area contributed by atoms with E-state index >= 15 is 0 Å². The van der Waals surface area contributed by atoms with E-state index in [0.717, 1.165) is 11.1 Å². The Hall–Kier alpha value is -2.37. The van der Waals surface area contributed by atoms with Crippen LogP contribution >= 0.6 is 0 Å². The van der Waals surface area contributed by atoms with Crippen molar-refractivity contribution < 1.29 is 19.1 Å². The van der Waals surface area contributed by atoms with Crippen LogP contribution in [0, 0.1) is 12.8 Å².